The maximum Gasteiger partial charge on any atom is 0.237 e. The maximum atomic E-state index is 11.4. The monoisotopic (exact) mass is 298 g/mol. The molecule has 0 spiro atoms. The quantitative estimate of drug-likeness (QED) is 0.545. The fraction of sp³-hybridized carbons (Fsp3) is 0.533. The van der Waals surface area contributed by atoms with Crippen molar-refractivity contribution in [3.05, 3.63) is 29.8 Å². The Balaban J connectivity index is 2.47. The lowest BCUT2D eigenvalue weighted by Crippen LogP contribution is -2.27. The summed E-state index contributed by atoms with van der Waals surface area (Å²) in [5, 5.41) is 0. The van der Waals surface area contributed by atoms with Crippen LogP contribution < -0.4 is 4.74 Å². The summed E-state index contributed by atoms with van der Waals surface area (Å²) in [5.74, 6) is 0.772. The van der Waals surface area contributed by atoms with Crippen LogP contribution in [0, 0.1) is 0 Å². The van der Waals surface area contributed by atoms with Crippen molar-refractivity contribution < 1.29 is 9.53 Å². The summed E-state index contributed by atoms with van der Waals surface area (Å²) in [6, 6.07) is 7.82. The van der Waals surface area contributed by atoms with Gasteiger partial charge in [0.2, 0.25) is 5.91 Å². The van der Waals surface area contributed by atoms with Gasteiger partial charge >= 0.3 is 0 Å². The molecule has 1 rings (SSSR count). The first-order chi connectivity index (χ1) is 9.52. The summed E-state index contributed by atoms with van der Waals surface area (Å²) < 4.78 is 5.71. The van der Waals surface area contributed by atoms with Crippen molar-refractivity contribution in [2.24, 2.45) is 0 Å². The highest BCUT2D eigenvalue weighted by atomic mass is 35.5. The number of halogens is 1. The summed E-state index contributed by atoms with van der Waals surface area (Å²) in [5.41, 5.74) is 1.04. The summed E-state index contributed by atoms with van der Waals surface area (Å²) >= 11 is 5.53. The Hall–Kier alpha value is -1.26. The minimum absolute atomic E-state index is 0.0111. The fourth-order valence-electron chi connectivity index (χ4n) is 1.77. The second kappa shape index (κ2) is 8.82. The molecule has 0 unspecified atom stereocenters. The number of alkyl halides is 1. The van der Waals surface area contributed by atoms with Crippen LogP contribution in [0.1, 0.15) is 12.0 Å². The average molecular weight is 299 g/mol. The molecule has 0 aliphatic carbocycles. The Bertz CT molecular complexity index is 424. The highest BCUT2D eigenvalue weighted by Gasteiger charge is 2.07. The van der Waals surface area contributed by atoms with Crippen LogP contribution in [0.25, 0.3) is 0 Å². The van der Waals surface area contributed by atoms with Crippen molar-refractivity contribution in [3.63, 3.8) is 0 Å². The number of rotatable bonds is 8. The molecule has 0 heterocycles. The molecule has 0 fully saturated rings. The van der Waals surface area contributed by atoms with Gasteiger partial charge in [-0.05, 0) is 38.2 Å². The van der Waals surface area contributed by atoms with Crippen LogP contribution in [0.2, 0.25) is 0 Å². The number of benzene rings is 1. The Labute approximate surface area is 126 Å². The minimum Gasteiger partial charge on any atom is -0.494 e. The van der Waals surface area contributed by atoms with Crippen LogP contribution in [0.3, 0.4) is 0 Å². The first-order valence-corrected chi connectivity index (χ1v) is 7.22. The summed E-state index contributed by atoms with van der Waals surface area (Å²) in [6.45, 7) is 2.24. The van der Waals surface area contributed by atoms with E-state index in [1.54, 1.807) is 11.9 Å². The molecule has 0 atom stereocenters. The van der Waals surface area contributed by atoms with E-state index in [0.717, 1.165) is 24.3 Å². The number of hydrogen-bond donors (Lipinski definition) is 0. The first-order valence-electron chi connectivity index (χ1n) is 6.69. The van der Waals surface area contributed by atoms with Crippen LogP contribution in [0.4, 0.5) is 0 Å². The van der Waals surface area contributed by atoms with Crippen molar-refractivity contribution in [1.82, 2.24) is 9.80 Å². The largest absolute Gasteiger partial charge is 0.494 e. The average Bonchev–Trinajstić information content (AvgIpc) is 2.43. The van der Waals surface area contributed by atoms with Crippen molar-refractivity contribution in [2.45, 2.75) is 13.0 Å². The van der Waals surface area contributed by atoms with E-state index in [0.29, 0.717) is 13.2 Å². The summed E-state index contributed by atoms with van der Waals surface area (Å²) in [4.78, 5) is 15.2. The Morgan fingerprint density at radius 2 is 2.05 bits per heavy atom. The van der Waals surface area contributed by atoms with Crippen molar-refractivity contribution >= 4 is 17.5 Å². The van der Waals surface area contributed by atoms with Gasteiger partial charge in [-0.1, -0.05) is 12.1 Å². The number of carbonyl (C=O) groups excluding carboxylic acids is 1. The van der Waals surface area contributed by atoms with Gasteiger partial charge in [-0.15, -0.1) is 11.6 Å². The lowest BCUT2D eigenvalue weighted by atomic mass is 10.2. The lowest BCUT2D eigenvalue weighted by Gasteiger charge is -2.16. The normalized spacial score (nSPS) is 10.7. The van der Waals surface area contributed by atoms with Crippen LogP contribution in [0.15, 0.2) is 24.3 Å². The third-order valence-corrected chi connectivity index (χ3v) is 3.11. The molecule has 0 aliphatic heterocycles. The van der Waals surface area contributed by atoms with Gasteiger partial charge in [0, 0.05) is 20.1 Å². The smallest absolute Gasteiger partial charge is 0.237 e. The zero-order chi connectivity index (χ0) is 15.0. The molecule has 5 heteroatoms. The third kappa shape index (κ3) is 6.26. The van der Waals surface area contributed by atoms with Gasteiger partial charge in [0.05, 0.1) is 6.61 Å². The van der Waals surface area contributed by atoms with Crippen molar-refractivity contribution in [3.8, 4) is 5.75 Å². The van der Waals surface area contributed by atoms with E-state index in [4.69, 9.17) is 16.3 Å². The van der Waals surface area contributed by atoms with E-state index < -0.39 is 0 Å². The third-order valence-electron chi connectivity index (χ3n) is 2.88. The number of hydrogen-bond acceptors (Lipinski definition) is 3. The Kier molecular flexibility index (Phi) is 7.41. The van der Waals surface area contributed by atoms with Gasteiger partial charge in [-0.25, -0.2) is 0 Å². The SMILES string of the molecule is CN(C)CCCOc1cccc(CN(C)C(=O)CCl)c1. The summed E-state index contributed by atoms with van der Waals surface area (Å²) in [7, 11) is 5.84. The topological polar surface area (TPSA) is 32.8 Å². The van der Waals surface area contributed by atoms with E-state index in [1.807, 2.05) is 38.4 Å². The molecule has 0 aromatic heterocycles. The van der Waals surface area contributed by atoms with Crippen molar-refractivity contribution in [2.75, 3.05) is 40.2 Å². The minimum atomic E-state index is -0.0797. The highest BCUT2D eigenvalue weighted by molar-refractivity contribution is 6.27. The first kappa shape index (κ1) is 16.8. The Morgan fingerprint density at radius 1 is 1.30 bits per heavy atom. The second-order valence-corrected chi connectivity index (χ2v) is 5.30. The number of ether oxygens (including phenoxy) is 1. The molecule has 20 heavy (non-hydrogen) atoms. The molecule has 1 aromatic carbocycles. The van der Waals surface area contributed by atoms with Gasteiger partial charge in [0.15, 0.2) is 0 Å². The summed E-state index contributed by atoms with van der Waals surface area (Å²) in [6.07, 6.45) is 0.988. The molecule has 0 bridgehead atoms. The van der Waals surface area contributed by atoms with E-state index in [9.17, 15) is 4.79 Å². The highest BCUT2D eigenvalue weighted by Crippen LogP contribution is 2.15. The maximum absolute atomic E-state index is 11.4. The van der Waals surface area contributed by atoms with E-state index >= 15 is 0 Å². The van der Waals surface area contributed by atoms with Gasteiger partial charge in [-0.2, -0.15) is 0 Å². The number of amides is 1. The standard InChI is InChI=1S/C15H23ClN2O2/c1-17(2)8-5-9-20-14-7-4-6-13(10-14)12-18(3)15(19)11-16/h4,6-7,10H,5,8-9,11-12H2,1-3H3. The number of carbonyl (C=O) groups is 1. The second-order valence-electron chi connectivity index (χ2n) is 5.04. The molecule has 0 saturated carbocycles. The molecular weight excluding hydrogens is 276 g/mol. The van der Waals surface area contributed by atoms with E-state index in [-0.39, 0.29) is 11.8 Å². The van der Waals surface area contributed by atoms with Crippen molar-refractivity contribution in [1.29, 1.82) is 0 Å². The molecule has 0 radical (unpaired) electrons. The predicted octanol–water partition coefficient (Wildman–Crippen LogP) is 2.21. The molecule has 1 aromatic rings. The van der Waals surface area contributed by atoms with Gasteiger partial charge in [-0.3, -0.25) is 4.79 Å². The molecular formula is C15H23ClN2O2. The predicted molar refractivity (Wildman–Crippen MR) is 82.3 cm³/mol. The molecule has 0 aliphatic rings. The zero-order valence-electron chi connectivity index (χ0n) is 12.4. The molecule has 0 saturated heterocycles. The molecule has 1 amide bonds. The van der Waals surface area contributed by atoms with Gasteiger partial charge < -0.3 is 14.5 Å². The van der Waals surface area contributed by atoms with Gasteiger partial charge in [0.1, 0.15) is 11.6 Å². The lowest BCUT2D eigenvalue weighted by molar-refractivity contribution is -0.127. The van der Waals surface area contributed by atoms with Crippen LogP contribution in [0.5, 0.6) is 5.75 Å². The zero-order valence-corrected chi connectivity index (χ0v) is 13.2. The van der Waals surface area contributed by atoms with Crippen LogP contribution in [-0.2, 0) is 11.3 Å². The van der Waals surface area contributed by atoms with E-state index in [1.165, 1.54) is 0 Å². The van der Waals surface area contributed by atoms with Crippen LogP contribution in [-0.4, -0.2) is 55.9 Å². The molecule has 4 nitrogen and oxygen atoms in total. The molecule has 0 N–H and O–H groups in total. The Morgan fingerprint density at radius 3 is 2.70 bits per heavy atom. The number of nitrogens with zero attached hydrogens (tertiary/aromatic N) is 2. The molecule has 112 valence electrons. The fourth-order valence-corrected chi connectivity index (χ4v) is 1.97. The van der Waals surface area contributed by atoms with E-state index in [2.05, 4.69) is 4.90 Å². The van der Waals surface area contributed by atoms with Gasteiger partial charge in [0.25, 0.3) is 0 Å². The van der Waals surface area contributed by atoms with Crippen LogP contribution >= 0.6 is 11.6 Å².